The second-order valence-electron chi connectivity index (χ2n) is 4.18. The van der Waals surface area contributed by atoms with Crippen molar-refractivity contribution in [2.75, 3.05) is 0 Å². The van der Waals surface area contributed by atoms with Gasteiger partial charge in [-0.2, -0.15) is 0 Å². The molecule has 0 spiro atoms. The van der Waals surface area contributed by atoms with E-state index < -0.39 is 5.82 Å². The van der Waals surface area contributed by atoms with Gasteiger partial charge in [0.05, 0.1) is 0 Å². The molecule has 0 saturated heterocycles. The van der Waals surface area contributed by atoms with Crippen LogP contribution in [0.15, 0.2) is 48.5 Å². The van der Waals surface area contributed by atoms with E-state index in [-0.39, 0.29) is 16.7 Å². The number of benzene rings is 2. The SMILES string of the molecule is CC(Oc1ccc(C(N)=S)c(F)c1)c1ccccc1. The maximum atomic E-state index is 13.7. The van der Waals surface area contributed by atoms with Gasteiger partial charge in [0.25, 0.3) is 0 Å². The van der Waals surface area contributed by atoms with Gasteiger partial charge in [0, 0.05) is 11.6 Å². The Balaban J connectivity index is 2.16. The van der Waals surface area contributed by atoms with Crippen molar-refractivity contribution in [1.29, 1.82) is 0 Å². The zero-order valence-corrected chi connectivity index (χ0v) is 11.3. The lowest BCUT2D eigenvalue weighted by Crippen LogP contribution is -2.12. The molecule has 1 unspecified atom stereocenters. The van der Waals surface area contributed by atoms with Crippen molar-refractivity contribution in [2.45, 2.75) is 13.0 Å². The summed E-state index contributed by atoms with van der Waals surface area (Å²) in [5.41, 5.74) is 6.67. The number of hydrogen-bond donors (Lipinski definition) is 1. The third-order valence-corrected chi connectivity index (χ3v) is 3.01. The molecule has 0 fully saturated rings. The minimum absolute atomic E-state index is 0.0418. The van der Waals surface area contributed by atoms with Gasteiger partial charge >= 0.3 is 0 Å². The van der Waals surface area contributed by atoms with Crippen LogP contribution in [-0.4, -0.2) is 4.99 Å². The molecule has 19 heavy (non-hydrogen) atoms. The van der Waals surface area contributed by atoms with Gasteiger partial charge in [0.1, 0.15) is 22.7 Å². The van der Waals surface area contributed by atoms with Crippen molar-refractivity contribution in [1.82, 2.24) is 0 Å². The number of rotatable bonds is 4. The molecule has 2 aromatic rings. The second-order valence-corrected chi connectivity index (χ2v) is 4.62. The molecule has 0 heterocycles. The summed E-state index contributed by atoms with van der Waals surface area (Å²) in [6, 6.07) is 14.2. The molecule has 0 aromatic heterocycles. The van der Waals surface area contributed by atoms with Gasteiger partial charge in [-0.05, 0) is 24.6 Å². The maximum Gasteiger partial charge on any atom is 0.137 e. The highest BCUT2D eigenvalue weighted by Crippen LogP contribution is 2.23. The van der Waals surface area contributed by atoms with Gasteiger partial charge in [-0.3, -0.25) is 0 Å². The maximum absolute atomic E-state index is 13.7. The zero-order chi connectivity index (χ0) is 13.8. The van der Waals surface area contributed by atoms with E-state index >= 15 is 0 Å². The van der Waals surface area contributed by atoms with Gasteiger partial charge in [0.2, 0.25) is 0 Å². The molecule has 0 aliphatic heterocycles. The van der Waals surface area contributed by atoms with E-state index in [1.165, 1.54) is 12.1 Å². The monoisotopic (exact) mass is 275 g/mol. The van der Waals surface area contributed by atoms with E-state index in [9.17, 15) is 4.39 Å². The summed E-state index contributed by atoms with van der Waals surface area (Å²) in [6.45, 7) is 1.91. The molecule has 2 aromatic carbocycles. The Hall–Kier alpha value is -1.94. The topological polar surface area (TPSA) is 35.2 Å². The smallest absolute Gasteiger partial charge is 0.137 e. The highest BCUT2D eigenvalue weighted by molar-refractivity contribution is 7.80. The third kappa shape index (κ3) is 3.29. The second kappa shape index (κ2) is 5.80. The highest BCUT2D eigenvalue weighted by Gasteiger charge is 2.10. The molecule has 0 amide bonds. The molecule has 0 bridgehead atoms. The van der Waals surface area contributed by atoms with Crippen LogP contribution in [-0.2, 0) is 0 Å². The average molecular weight is 275 g/mol. The molecule has 98 valence electrons. The molecule has 0 aliphatic carbocycles. The third-order valence-electron chi connectivity index (χ3n) is 2.79. The van der Waals surface area contributed by atoms with Crippen LogP contribution < -0.4 is 10.5 Å². The Morgan fingerprint density at radius 3 is 2.47 bits per heavy atom. The minimum atomic E-state index is -0.467. The van der Waals surface area contributed by atoms with E-state index in [0.717, 1.165) is 5.56 Å². The summed E-state index contributed by atoms with van der Waals surface area (Å²) in [5, 5.41) is 0. The van der Waals surface area contributed by atoms with Crippen LogP contribution in [0.5, 0.6) is 5.75 Å². The van der Waals surface area contributed by atoms with Gasteiger partial charge in [-0.1, -0.05) is 42.5 Å². The number of hydrogen-bond acceptors (Lipinski definition) is 2. The Labute approximate surface area is 117 Å². The molecule has 0 saturated carbocycles. The Morgan fingerprint density at radius 1 is 1.21 bits per heavy atom. The Bertz CT molecular complexity index is 586. The van der Waals surface area contributed by atoms with E-state index in [1.54, 1.807) is 6.07 Å². The van der Waals surface area contributed by atoms with Crippen molar-refractivity contribution in [3.63, 3.8) is 0 Å². The van der Waals surface area contributed by atoms with Crippen molar-refractivity contribution < 1.29 is 9.13 Å². The lowest BCUT2D eigenvalue weighted by Gasteiger charge is -2.15. The van der Waals surface area contributed by atoms with Crippen LogP contribution in [0.4, 0.5) is 4.39 Å². The van der Waals surface area contributed by atoms with E-state index in [0.29, 0.717) is 5.75 Å². The zero-order valence-electron chi connectivity index (χ0n) is 10.5. The van der Waals surface area contributed by atoms with Crippen LogP contribution >= 0.6 is 12.2 Å². The van der Waals surface area contributed by atoms with Crippen LogP contribution in [0.3, 0.4) is 0 Å². The lowest BCUT2D eigenvalue weighted by atomic mass is 10.1. The minimum Gasteiger partial charge on any atom is -0.486 e. The molecule has 2 N–H and O–H groups in total. The first-order chi connectivity index (χ1) is 9.08. The Kier molecular flexibility index (Phi) is 4.12. The predicted octanol–water partition coefficient (Wildman–Crippen LogP) is 3.60. The molecule has 1 atom stereocenters. The van der Waals surface area contributed by atoms with Crippen LogP contribution in [0.1, 0.15) is 24.2 Å². The van der Waals surface area contributed by atoms with Crippen molar-refractivity contribution in [3.8, 4) is 5.75 Å². The van der Waals surface area contributed by atoms with Crippen molar-refractivity contribution in [3.05, 3.63) is 65.5 Å². The fraction of sp³-hybridized carbons (Fsp3) is 0.133. The van der Waals surface area contributed by atoms with E-state index in [4.69, 9.17) is 22.7 Å². The van der Waals surface area contributed by atoms with Crippen molar-refractivity contribution >= 4 is 17.2 Å². The van der Waals surface area contributed by atoms with Crippen LogP contribution in [0, 0.1) is 5.82 Å². The number of nitrogens with two attached hydrogens (primary N) is 1. The normalized spacial score (nSPS) is 11.9. The van der Waals surface area contributed by atoms with Gasteiger partial charge in [-0.15, -0.1) is 0 Å². The summed E-state index contributed by atoms with van der Waals surface area (Å²) in [6.07, 6.45) is -0.156. The number of halogens is 1. The molecule has 2 nitrogen and oxygen atoms in total. The first-order valence-corrected chi connectivity index (χ1v) is 6.29. The average Bonchev–Trinajstić information content (AvgIpc) is 2.39. The first kappa shape index (κ1) is 13.5. The summed E-state index contributed by atoms with van der Waals surface area (Å²) in [4.78, 5) is 0.0418. The quantitative estimate of drug-likeness (QED) is 0.866. The van der Waals surface area contributed by atoms with Crippen LogP contribution in [0.2, 0.25) is 0 Å². The van der Waals surface area contributed by atoms with Gasteiger partial charge in [-0.25, -0.2) is 4.39 Å². The molecule has 0 radical (unpaired) electrons. The largest absolute Gasteiger partial charge is 0.486 e. The summed E-state index contributed by atoms with van der Waals surface area (Å²) < 4.78 is 19.4. The van der Waals surface area contributed by atoms with Gasteiger partial charge < -0.3 is 10.5 Å². The first-order valence-electron chi connectivity index (χ1n) is 5.89. The number of ether oxygens (including phenoxy) is 1. The van der Waals surface area contributed by atoms with E-state index in [2.05, 4.69) is 0 Å². The van der Waals surface area contributed by atoms with Crippen LogP contribution in [0.25, 0.3) is 0 Å². The summed E-state index contributed by atoms with van der Waals surface area (Å²) in [7, 11) is 0. The standard InChI is InChI=1S/C15H14FNOS/c1-10(11-5-3-2-4-6-11)18-12-7-8-13(15(17)19)14(16)9-12/h2-10H,1H3,(H2,17,19). The summed E-state index contributed by atoms with van der Waals surface area (Å²) in [5.74, 6) is -0.0147. The lowest BCUT2D eigenvalue weighted by molar-refractivity contribution is 0.226. The van der Waals surface area contributed by atoms with E-state index in [1.807, 2.05) is 37.3 Å². The highest BCUT2D eigenvalue weighted by atomic mass is 32.1. The molecular weight excluding hydrogens is 261 g/mol. The molecule has 2 rings (SSSR count). The summed E-state index contributed by atoms with van der Waals surface area (Å²) >= 11 is 4.75. The molecule has 0 aliphatic rings. The Morgan fingerprint density at radius 2 is 1.89 bits per heavy atom. The predicted molar refractivity (Wildman–Crippen MR) is 77.8 cm³/mol. The fourth-order valence-corrected chi connectivity index (χ4v) is 1.93. The number of thiocarbonyl (C=S) groups is 1. The van der Waals surface area contributed by atoms with Crippen molar-refractivity contribution in [2.24, 2.45) is 5.73 Å². The molecule has 4 heteroatoms. The fourth-order valence-electron chi connectivity index (χ4n) is 1.77. The molecular formula is C15H14FNOS. The van der Waals surface area contributed by atoms with Gasteiger partial charge in [0.15, 0.2) is 0 Å².